The number of nitrogens with zero attached hydrogens (tertiary/aromatic N) is 2. The molecule has 0 saturated carbocycles. The summed E-state index contributed by atoms with van der Waals surface area (Å²) in [6.45, 7) is 3.75. The number of aromatic nitrogens is 2. The van der Waals surface area contributed by atoms with E-state index in [1.807, 2.05) is 47.9 Å². The van der Waals surface area contributed by atoms with Gasteiger partial charge in [0.15, 0.2) is 0 Å². The van der Waals surface area contributed by atoms with Crippen molar-refractivity contribution >= 4 is 46.5 Å². The van der Waals surface area contributed by atoms with E-state index in [0.717, 1.165) is 47.9 Å². The minimum atomic E-state index is -0.553. The Bertz CT molecular complexity index is 1270. The van der Waals surface area contributed by atoms with E-state index >= 15 is 0 Å². The lowest BCUT2D eigenvalue weighted by molar-refractivity contribution is 0.0998. The van der Waals surface area contributed by atoms with Crippen LogP contribution in [0.5, 0.6) is 11.5 Å². The normalized spacial score (nSPS) is 18.8. The molecule has 1 saturated heterocycles. The molecule has 2 aliphatic rings. The zero-order chi connectivity index (χ0) is 24.5. The molecule has 3 heterocycles. The highest BCUT2D eigenvalue weighted by Gasteiger charge is 2.24. The molecule has 0 bridgehead atoms. The molecule has 3 aromatic rings. The van der Waals surface area contributed by atoms with Crippen molar-refractivity contribution in [2.75, 3.05) is 13.1 Å². The average Bonchev–Trinajstić information content (AvgIpc) is 3.45. The molecule has 10 heteroatoms. The summed E-state index contributed by atoms with van der Waals surface area (Å²) in [4.78, 5) is 17.1. The number of primary amides is 1. The van der Waals surface area contributed by atoms with Crippen molar-refractivity contribution in [3.63, 3.8) is 0 Å². The lowest BCUT2D eigenvalue weighted by atomic mass is 10.1. The van der Waals surface area contributed by atoms with Gasteiger partial charge in [0, 0.05) is 18.1 Å². The maximum Gasteiger partial charge on any atom is 0.262 e. The van der Waals surface area contributed by atoms with Crippen LogP contribution in [0.3, 0.4) is 0 Å². The number of hydrogen-bond acceptors (Lipinski definition) is 6. The van der Waals surface area contributed by atoms with Gasteiger partial charge in [-0.15, -0.1) is 22.9 Å². The van der Waals surface area contributed by atoms with Crippen molar-refractivity contribution in [2.24, 2.45) is 5.73 Å². The molecule has 1 fully saturated rings. The van der Waals surface area contributed by atoms with Crippen LogP contribution in [0, 0.1) is 0 Å². The second kappa shape index (κ2) is 10.2. The molecule has 5 rings (SSSR count). The van der Waals surface area contributed by atoms with Gasteiger partial charge in [-0.3, -0.25) is 9.36 Å². The van der Waals surface area contributed by atoms with Crippen molar-refractivity contribution < 1.29 is 14.3 Å². The van der Waals surface area contributed by atoms with Crippen molar-refractivity contribution in [3.8, 4) is 16.5 Å². The fourth-order valence-corrected chi connectivity index (χ4v) is 5.84. The van der Waals surface area contributed by atoms with Gasteiger partial charge in [-0.2, -0.15) is 0 Å². The molecule has 1 aliphatic carbocycles. The number of halogens is 2. The van der Waals surface area contributed by atoms with E-state index in [1.165, 1.54) is 11.3 Å². The third-order valence-electron chi connectivity index (χ3n) is 6.20. The number of rotatable bonds is 7. The van der Waals surface area contributed by atoms with Crippen molar-refractivity contribution in [1.29, 1.82) is 0 Å². The summed E-state index contributed by atoms with van der Waals surface area (Å²) in [7, 11) is 0. The quantitative estimate of drug-likeness (QED) is 0.411. The van der Waals surface area contributed by atoms with E-state index < -0.39 is 12.0 Å². The zero-order valence-corrected chi connectivity index (χ0v) is 21.5. The molecule has 184 valence electrons. The van der Waals surface area contributed by atoms with Gasteiger partial charge in [0.25, 0.3) is 5.91 Å². The maximum atomic E-state index is 12.2. The van der Waals surface area contributed by atoms with Crippen LogP contribution in [-0.4, -0.2) is 40.0 Å². The Morgan fingerprint density at radius 3 is 2.89 bits per heavy atom. The van der Waals surface area contributed by atoms with Gasteiger partial charge < -0.3 is 20.5 Å². The molecule has 2 atom stereocenters. The molecule has 35 heavy (non-hydrogen) atoms. The van der Waals surface area contributed by atoms with Gasteiger partial charge >= 0.3 is 0 Å². The Hall–Kier alpha value is -2.52. The summed E-state index contributed by atoms with van der Waals surface area (Å²) in [6, 6.07) is 7.49. The first-order valence-corrected chi connectivity index (χ1v) is 13.2. The van der Waals surface area contributed by atoms with Gasteiger partial charge in [-0.05, 0) is 45.0 Å². The Morgan fingerprint density at radius 2 is 2.11 bits per heavy atom. The highest BCUT2D eigenvalue weighted by Crippen LogP contribution is 2.39. The summed E-state index contributed by atoms with van der Waals surface area (Å²) in [5.74, 6) is 0.494. The highest BCUT2D eigenvalue weighted by molar-refractivity contribution is 7.16. The summed E-state index contributed by atoms with van der Waals surface area (Å²) >= 11 is 14.2. The number of thiophene rings is 1. The highest BCUT2D eigenvalue weighted by atomic mass is 35.5. The van der Waals surface area contributed by atoms with Gasteiger partial charge in [0.05, 0.1) is 21.8 Å². The lowest BCUT2D eigenvalue weighted by Gasteiger charge is -2.25. The van der Waals surface area contributed by atoms with Crippen molar-refractivity contribution in [1.82, 2.24) is 14.9 Å². The monoisotopic (exact) mass is 532 g/mol. The standard InChI is InChI=1S/C25H26Cl2N4O3S/c1-14(17-3-2-4-20(23(17)27)34-16-7-9-29-10-8-16)33-21-12-22(35-24(21)25(28)32)31-13-30-18-11-15(26)5-6-19(18)31/h2-6,12-16,29H,7-11H2,1H3,(H2,28,32). The van der Waals surface area contributed by atoms with E-state index in [1.54, 1.807) is 6.33 Å². The number of ether oxygens (including phenoxy) is 2. The number of benzene rings is 1. The van der Waals surface area contributed by atoms with Gasteiger partial charge in [0.1, 0.15) is 39.9 Å². The molecular weight excluding hydrogens is 507 g/mol. The van der Waals surface area contributed by atoms with Crippen LogP contribution in [0.4, 0.5) is 0 Å². The zero-order valence-electron chi connectivity index (χ0n) is 19.2. The van der Waals surface area contributed by atoms with Crippen LogP contribution < -0.4 is 20.5 Å². The third kappa shape index (κ3) is 5.07. The first-order chi connectivity index (χ1) is 16.9. The molecule has 2 aromatic heterocycles. The van der Waals surface area contributed by atoms with Crippen molar-refractivity contribution in [3.05, 3.63) is 63.5 Å². The number of nitrogens with two attached hydrogens (primary N) is 1. The van der Waals surface area contributed by atoms with E-state index in [4.69, 9.17) is 38.4 Å². The van der Waals surface area contributed by atoms with E-state index in [-0.39, 0.29) is 11.5 Å². The number of nitrogens with one attached hydrogen (secondary N) is 1. The number of piperidine rings is 1. The number of alkyl halides is 1. The van der Waals surface area contributed by atoms with Crippen LogP contribution in [0.1, 0.15) is 52.5 Å². The van der Waals surface area contributed by atoms with Crippen LogP contribution >= 0.6 is 34.5 Å². The summed E-state index contributed by atoms with van der Waals surface area (Å²) in [6.07, 6.45) is 7.83. The van der Waals surface area contributed by atoms with Crippen LogP contribution in [0.25, 0.3) is 11.1 Å². The SMILES string of the molecule is CC(Oc1cc(-n2cnc3c2C=CC(Cl)C3)sc1C(N)=O)c1cccc(OC2CCNCC2)c1Cl. The fourth-order valence-electron chi connectivity index (χ4n) is 4.37. The maximum absolute atomic E-state index is 12.2. The molecule has 7 nitrogen and oxygen atoms in total. The first-order valence-electron chi connectivity index (χ1n) is 11.6. The number of imidazole rings is 1. The van der Waals surface area contributed by atoms with E-state index in [9.17, 15) is 4.79 Å². The van der Waals surface area contributed by atoms with Crippen LogP contribution in [-0.2, 0) is 6.42 Å². The van der Waals surface area contributed by atoms with Crippen LogP contribution in [0.2, 0.25) is 5.02 Å². The Morgan fingerprint density at radius 1 is 1.31 bits per heavy atom. The molecule has 0 spiro atoms. The van der Waals surface area contributed by atoms with Gasteiger partial charge in [-0.25, -0.2) is 4.98 Å². The van der Waals surface area contributed by atoms with Gasteiger partial charge in [-0.1, -0.05) is 29.8 Å². The number of amides is 1. The van der Waals surface area contributed by atoms with Crippen molar-refractivity contribution in [2.45, 2.75) is 43.8 Å². The molecule has 2 unspecified atom stereocenters. The van der Waals surface area contributed by atoms with E-state index in [0.29, 0.717) is 27.8 Å². The minimum Gasteiger partial charge on any atom is -0.489 e. The molecule has 1 aromatic carbocycles. The number of carbonyl (C=O) groups is 1. The third-order valence-corrected chi connectivity index (χ3v) is 8.03. The predicted octanol–water partition coefficient (Wildman–Crippen LogP) is 5.13. The molecular formula is C25H26Cl2N4O3S. The Labute approximate surface area is 217 Å². The predicted molar refractivity (Wildman–Crippen MR) is 139 cm³/mol. The smallest absolute Gasteiger partial charge is 0.262 e. The van der Waals surface area contributed by atoms with Gasteiger partial charge in [0.2, 0.25) is 0 Å². The number of hydrogen-bond donors (Lipinski definition) is 2. The fraction of sp³-hybridized carbons (Fsp3) is 0.360. The first kappa shape index (κ1) is 24.2. The topological polar surface area (TPSA) is 91.4 Å². The Kier molecular flexibility index (Phi) is 7.07. The Balaban J connectivity index is 1.40. The average molecular weight is 533 g/mol. The minimum absolute atomic E-state index is 0.0746. The molecule has 1 aliphatic heterocycles. The summed E-state index contributed by atoms with van der Waals surface area (Å²) < 4.78 is 14.3. The molecule has 3 N–H and O–H groups in total. The number of fused-ring (bicyclic) bond motifs is 1. The second-order valence-electron chi connectivity index (χ2n) is 8.65. The number of allylic oxidation sites excluding steroid dienone is 1. The van der Waals surface area contributed by atoms with E-state index in [2.05, 4.69) is 10.3 Å². The van der Waals surface area contributed by atoms with Crippen LogP contribution in [0.15, 0.2) is 36.7 Å². The molecule has 1 amide bonds. The molecule has 0 radical (unpaired) electrons. The second-order valence-corrected chi connectivity index (χ2v) is 10.6. The summed E-state index contributed by atoms with van der Waals surface area (Å²) in [5, 5.41) is 4.55. The lowest BCUT2D eigenvalue weighted by Crippen LogP contribution is -2.34. The largest absolute Gasteiger partial charge is 0.489 e. The number of carbonyl (C=O) groups excluding carboxylic acids is 1. The summed E-state index contributed by atoms with van der Waals surface area (Å²) in [5.41, 5.74) is 8.32.